The van der Waals surface area contributed by atoms with E-state index >= 15 is 0 Å². The summed E-state index contributed by atoms with van der Waals surface area (Å²) in [6.07, 6.45) is -0.544. The maximum absolute atomic E-state index is 10.2. The number of fused-ring (bicyclic) bond motifs is 1. The van der Waals surface area contributed by atoms with Gasteiger partial charge in [-0.25, -0.2) is 0 Å². The minimum absolute atomic E-state index is 0.544. The fraction of sp³-hybridized carbons (Fsp3) is 0.571. The Hall–Kier alpha value is -1.30. The number of likely N-dealkylation sites (N-methyl/N-ethyl adjacent to an activating group) is 1. The van der Waals surface area contributed by atoms with Gasteiger partial charge in [-0.2, -0.15) is 0 Å². The van der Waals surface area contributed by atoms with E-state index in [0.29, 0.717) is 32.1 Å². The minimum atomic E-state index is -0.544. The summed E-state index contributed by atoms with van der Waals surface area (Å²) < 4.78 is 16.0. The number of hydrogen-bond donors (Lipinski definition) is 1. The summed E-state index contributed by atoms with van der Waals surface area (Å²) >= 11 is 0. The summed E-state index contributed by atoms with van der Waals surface area (Å²) in [5, 5.41) is 10.2. The van der Waals surface area contributed by atoms with Gasteiger partial charge in [-0.15, -0.1) is 0 Å². The van der Waals surface area contributed by atoms with E-state index in [2.05, 4.69) is 0 Å². The van der Waals surface area contributed by atoms with Crippen LogP contribution in [-0.4, -0.2) is 57.1 Å². The standard InChI is InChI=1S/C14H21NO4/c1-15(5-6-17-2)10-12(16)11-3-4-13-14(9-11)19-8-7-18-13/h3-4,9,12,16H,5-8,10H2,1-2H3. The second-order valence-corrected chi connectivity index (χ2v) is 4.67. The Bertz CT molecular complexity index is 410. The predicted octanol–water partition coefficient (Wildman–Crippen LogP) is 1.07. The van der Waals surface area contributed by atoms with Crippen LogP contribution in [-0.2, 0) is 4.74 Å². The van der Waals surface area contributed by atoms with E-state index in [1.165, 1.54) is 0 Å². The quantitative estimate of drug-likeness (QED) is 0.835. The summed E-state index contributed by atoms with van der Waals surface area (Å²) in [7, 11) is 3.63. The molecule has 1 aliphatic heterocycles. The third-order valence-electron chi connectivity index (χ3n) is 3.11. The van der Waals surface area contributed by atoms with E-state index in [4.69, 9.17) is 14.2 Å². The molecule has 5 heteroatoms. The molecular weight excluding hydrogens is 246 g/mol. The third kappa shape index (κ3) is 3.83. The first-order valence-electron chi connectivity index (χ1n) is 6.46. The molecule has 0 amide bonds. The Labute approximate surface area is 113 Å². The second kappa shape index (κ2) is 6.75. The van der Waals surface area contributed by atoms with Crippen molar-refractivity contribution in [2.24, 2.45) is 0 Å². The Kier molecular flexibility index (Phi) is 5.01. The van der Waals surface area contributed by atoms with E-state index in [0.717, 1.165) is 17.9 Å². The van der Waals surface area contributed by atoms with Crippen LogP contribution in [0.1, 0.15) is 11.7 Å². The summed E-state index contributed by atoms with van der Waals surface area (Å²) in [5.74, 6) is 1.46. The summed E-state index contributed by atoms with van der Waals surface area (Å²) in [6, 6.07) is 5.58. The van der Waals surface area contributed by atoms with E-state index in [9.17, 15) is 5.11 Å². The van der Waals surface area contributed by atoms with Crippen molar-refractivity contribution in [3.8, 4) is 11.5 Å². The van der Waals surface area contributed by atoms with Gasteiger partial charge in [-0.3, -0.25) is 0 Å². The number of aliphatic hydroxyl groups is 1. The zero-order valence-corrected chi connectivity index (χ0v) is 11.5. The lowest BCUT2D eigenvalue weighted by atomic mass is 10.1. The lowest BCUT2D eigenvalue weighted by Crippen LogP contribution is -2.28. The molecule has 0 saturated carbocycles. The Morgan fingerprint density at radius 3 is 2.79 bits per heavy atom. The van der Waals surface area contributed by atoms with Crippen molar-refractivity contribution in [2.45, 2.75) is 6.10 Å². The van der Waals surface area contributed by atoms with Crippen LogP contribution in [0.5, 0.6) is 11.5 Å². The molecule has 1 unspecified atom stereocenters. The van der Waals surface area contributed by atoms with Crippen molar-refractivity contribution in [2.75, 3.05) is 47.1 Å². The molecule has 0 aromatic heterocycles. The van der Waals surface area contributed by atoms with Crippen LogP contribution < -0.4 is 9.47 Å². The minimum Gasteiger partial charge on any atom is -0.486 e. The van der Waals surface area contributed by atoms with Crippen molar-refractivity contribution >= 4 is 0 Å². The maximum atomic E-state index is 10.2. The number of rotatable bonds is 6. The van der Waals surface area contributed by atoms with Crippen molar-refractivity contribution in [1.29, 1.82) is 0 Å². The fourth-order valence-electron chi connectivity index (χ4n) is 2.01. The molecule has 106 valence electrons. The molecular formula is C14H21NO4. The maximum Gasteiger partial charge on any atom is 0.161 e. The monoisotopic (exact) mass is 267 g/mol. The van der Waals surface area contributed by atoms with Crippen molar-refractivity contribution in [3.63, 3.8) is 0 Å². The molecule has 0 bridgehead atoms. The second-order valence-electron chi connectivity index (χ2n) is 4.67. The smallest absolute Gasteiger partial charge is 0.161 e. The summed E-state index contributed by atoms with van der Waals surface area (Å²) in [6.45, 7) is 3.14. The van der Waals surface area contributed by atoms with E-state index in [-0.39, 0.29) is 0 Å². The Balaban J connectivity index is 1.97. The molecule has 1 aromatic rings. The van der Waals surface area contributed by atoms with E-state index in [1.54, 1.807) is 7.11 Å². The molecule has 0 saturated heterocycles. The number of nitrogens with zero attached hydrogens (tertiary/aromatic N) is 1. The number of methoxy groups -OCH3 is 1. The third-order valence-corrected chi connectivity index (χ3v) is 3.11. The van der Waals surface area contributed by atoms with Gasteiger partial charge in [0, 0.05) is 20.2 Å². The number of aliphatic hydroxyl groups excluding tert-OH is 1. The Morgan fingerprint density at radius 1 is 1.32 bits per heavy atom. The molecule has 0 radical (unpaired) electrons. The molecule has 0 spiro atoms. The van der Waals surface area contributed by atoms with Crippen molar-refractivity contribution < 1.29 is 19.3 Å². The molecule has 0 aliphatic carbocycles. The molecule has 1 heterocycles. The SMILES string of the molecule is COCCN(C)CC(O)c1ccc2c(c1)OCCO2. The first-order chi connectivity index (χ1) is 9.20. The van der Waals surface area contributed by atoms with Gasteiger partial charge in [-0.05, 0) is 24.7 Å². The van der Waals surface area contributed by atoms with E-state index < -0.39 is 6.10 Å². The molecule has 1 N–H and O–H groups in total. The van der Waals surface area contributed by atoms with Gasteiger partial charge in [0.25, 0.3) is 0 Å². The molecule has 5 nitrogen and oxygen atoms in total. The average molecular weight is 267 g/mol. The highest BCUT2D eigenvalue weighted by atomic mass is 16.6. The molecule has 1 atom stereocenters. The first kappa shape index (κ1) is 14.1. The number of hydrogen-bond acceptors (Lipinski definition) is 5. The summed E-state index contributed by atoms with van der Waals surface area (Å²) in [5.41, 5.74) is 0.841. The lowest BCUT2D eigenvalue weighted by molar-refractivity contribution is 0.103. The van der Waals surface area contributed by atoms with Gasteiger partial charge in [-0.1, -0.05) is 6.07 Å². The topological polar surface area (TPSA) is 51.2 Å². The van der Waals surface area contributed by atoms with E-state index in [1.807, 2.05) is 30.1 Å². The van der Waals surface area contributed by atoms with Gasteiger partial charge in [0.15, 0.2) is 11.5 Å². The highest BCUT2D eigenvalue weighted by Crippen LogP contribution is 2.32. The fourth-order valence-corrected chi connectivity index (χ4v) is 2.01. The normalized spacial score (nSPS) is 15.6. The number of ether oxygens (including phenoxy) is 3. The van der Waals surface area contributed by atoms with Crippen LogP contribution in [0.4, 0.5) is 0 Å². The van der Waals surface area contributed by atoms with Gasteiger partial charge in [0.1, 0.15) is 13.2 Å². The Morgan fingerprint density at radius 2 is 2.05 bits per heavy atom. The first-order valence-corrected chi connectivity index (χ1v) is 6.46. The van der Waals surface area contributed by atoms with Crippen LogP contribution in [0.25, 0.3) is 0 Å². The lowest BCUT2D eigenvalue weighted by Gasteiger charge is -2.23. The highest BCUT2D eigenvalue weighted by Gasteiger charge is 2.16. The summed E-state index contributed by atoms with van der Waals surface area (Å²) in [4.78, 5) is 2.03. The molecule has 1 aromatic carbocycles. The van der Waals surface area contributed by atoms with Crippen LogP contribution >= 0.6 is 0 Å². The predicted molar refractivity (Wildman–Crippen MR) is 71.8 cm³/mol. The average Bonchev–Trinajstić information content (AvgIpc) is 2.44. The van der Waals surface area contributed by atoms with Gasteiger partial charge in [0.05, 0.1) is 12.7 Å². The van der Waals surface area contributed by atoms with Crippen LogP contribution in [0.15, 0.2) is 18.2 Å². The number of benzene rings is 1. The van der Waals surface area contributed by atoms with Crippen molar-refractivity contribution in [3.05, 3.63) is 23.8 Å². The zero-order chi connectivity index (χ0) is 13.7. The van der Waals surface area contributed by atoms with Crippen molar-refractivity contribution in [1.82, 2.24) is 4.90 Å². The largest absolute Gasteiger partial charge is 0.486 e. The van der Waals surface area contributed by atoms with Crippen LogP contribution in [0.2, 0.25) is 0 Å². The molecule has 19 heavy (non-hydrogen) atoms. The van der Waals surface area contributed by atoms with Crippen LogP contribution in [0.3, 0.4) is 0 Å². The van der Waals surface area contributed by atoms with Gasteiger partial charge in [0.2, 0.25) is 0 Å². The molecule has 2 rings (SSSR count). The highest BCUT2D eigenvalue weighted by molar-refractivity contribution is 5.44. The van der Waals surface area contributed by atoms with Gasteiger partial charge < -0.3 is 24.2 Å². The molecule has 0 fully saturated rings. The zero-order valence-electron chi connectivity index (χ0n) is 11.5. The molecule has 1 aliphatic rings. The van der Waals surface area contributed by atoms with Crippen LogP contribution in [0, 0.1) is 0 Å². The van der Waals surface area contributed by atoms with Gasteiger partial charge >= 0.3 is 0 Å².